The molecule has 0 aromatic carbocycles. The molecule has 2 rings (SSSR count). The van der Waals surface area contributed by atoms with Crippen LogP contribution in [0.1, 0.15) is 13.8 Å². The van der Waals surface area contributed by atoms with Gasteiger partial charge in [-0.05, 0) is 5.92 Å². The summed E-state index contributed by atoms with van der Waals surface area (Å²) in [6, 6.07) is -0.452. The Morgan fingerprint density at radius 3 is 2.89 bits per heavy atom. The van der Waals surface area contributed by atoms with E-state index in [0.717, 1.165) is 6.54 Å². The number of nitrogens with zero attached hydrogens (tertiary/aromatic N) is 2. The Bertz CT molecular complexity index is 345. The molecule has 0 spiro atoms. The molecule has 6 nitrogen and oxygen atoms in total. The summed E-state index contributed by atoms with van der Waals surface area (Å²) in [5.74, 6) is 0.142. The Morgan fingerprint density at radius 1 is 1.56 bits per heavy atom. The lowest BCUT2D eigenvalue weighted by atomic mass is 10.1. The predicted octanol–water partition coefficient (Wildman–Crippen LogP) is -0.107. The summed E-state index contributed by atoms with van der Waals surface area (Å²) >= 11 is 0. The number of methoxy groups -OCH3 is 1. The van der Waals surface area contributed by atoms with Crippen LogP contribution in [0.5, 0.6) is 0 Å². The maximum absolute atomic E-state index is 12.2. The number of carbonyl (C=O) groups is 2. The number of urea groups is 1. The van der Waals surface area contributed by atoms with E-state index in [1.807, 2.05) is 4.90 Å². The largest absolute Gasteiger partial charge is 0.468 e. The van der Waals surface area contributed by atoms with Gasteiger partial charge in [0.25, 0.3) is 0 Å². The summed E-state index contributed by atoms with van der Waals surface area (Å²) in [6.07, 6.45) is 0. The molecule has 2 amide bonds. The van der Waals surface area contributed by atoms with Gasteiger partial charge in [-0.1, -0.05) is 13.8 Å². The van der Waals surface area contributed by atoms with Crippen LogP contribution >= 0.6 is 0 Å². The van der Waals surface area contributed by atoms with E-state index >= 15 is 0 Å². The summed E-state index contributed by atoms with van der Waals surface area (Å²) in [6.45, 7) is 6.80. The molecule has 2 atom stereocenters. The average molecular weight is 255 g/mol. The van der Waals surface area contributed by atoms with Crippen LogP contribution in [0, 0.1) is 5.92 Å². The molecule has 0 bridgehead atoms. The van der Waals surface area contributed by atoms with Gasteiger partial charge in [-0.2, -0.15) is 0 Å². The van der Waals surface area contributed by atoms with Crippen LogP contribution in [0.25, 0.3) is 0 Å². The smallest absolute Gasteiger partial charge is 0.325 e. The summed E-state index contributed by atoms with van der Waals surface area (Å²) in [5.41, 5.74) is 0. The minimum Gasteiger partial charge on any atom is -0.468 e. The van der Waals surface area contributed by atoms with Gasteiger partial charge in [-0.15, -0.1) is 0 Å². The number of ether oxygens (including phenoxy) is 1. The molecule has 2 saturated heterocycles. The van der Waals surface area contributed by atoms with Crippen molar-refractivity contribution in [3.8, 4) is 0 Å². The van der Waals surface area contributed by atoms with Gasteiger partial charge in [0.05, 0.1) is 13.2 Å². The third-order valence-corrected chi connectivity index (χ3v) is 3.47. The summed E-state index contributed by atoms with van der Waals surface area (Å²) in [4.78, 5) is 27.5. The lowest BCUT2D eigenvalue weighted by Crippen LogP contribution is -2.60. The molecule has 2 heterocycles. The van der Waals surface area contributed by atoms with Crippen LogP contribution in [0.2, 0.25) is 0 Å². The Kier molecular flexibility index (Phi) is 3.75. The van der Waals surface area contributed by atoms with Gasteiger partial charge >= 0.3 is 12.0 Å². The molecule has 0 aromatic heterocycles. The minimum atomic E-state index is -0.398. The first-order chi connectivity index (χ1) is 8.54. The number of nitrogens with one attached hydrogen (secondary N) is 1. The molecule has 0 saturated carbocycles. The van der Waals surface area contributed by atoms with E-state index in [9.17, 15) is 9.59 Å². The van der Waals surface area contributed by atoms with Crippen LogP contribution in [0.4, 0.5) is 4.79 Å². The van der Waals surface area contributed by atoms with Gasteiger partial charge in [0.15, 0.2) is 0 Å². The first kappa shape index (κ1) is 13.1. The molecule has 2 fully saturated rings. The van der Waals surface area contributed by atoms with Gasteiger partial charge in [-0.25, -0.2) is 4.79 Å². The quantitative estimate of drug-likeness (QED) is 0.715. The lowest BCUT2D eigenvalue weighted by Gasteiger charge is -2.34. The van der Waals surface area contributed by atoms with Crippen molar-refractivity contribution >= 4 is 12.0 Å². The van der Waals surface area contributed by atoms with Gasteiger partial charge < -0.3 is 19.9 Å². The van der Waals surface area contributed by atoms with E-state index in [-0.39, 0.29) is 18.0 Å². The lowest BCUT2D eigenvalue weighted by molar-refractivity contribution is -0.145. The first-order valence-electron chi connectivity index (χ1n) is 6.41. The maximum Gasteiger partial charge on any atom is 0.325 e. The number of amides is 2. The molecule has 2 aliphatic rings. The molecule has 2 aliphatic heterocycles. The average Bonchev–Trinajstić information content (AvgIpc) is 2.65. The van der Waals surface area contributed by atoms with E-state index in [1.165, 1.54) is 7.11 Å². The highest BCUT2D eigenvalue weighted by Crippen LogP contribution is 2.22. The fraction of sp³-hybridized carbons (Fsp3) is 0.833. The van der Waals surface area contributed by atoms with Crippen molar-refractivity contribution < 1.29 is 14.3 Å². The second-order valence-corrected chi connectivity index (χ2v) is 5.30. The van der Waals surface area contributed by atoms with Crippen molar-refractivity contribution in [3.63, 3.8) is 0 Å². The monoisotopic (exact) mass is 255 g/mol. The van der Waals surface area contributed by atoms with Crippen LogP contribution < -0.4 is 5.32 Å². The van der Waals surface area contributed by atoms with E-state index in [1.54, 1.807) is 4.90 Å². The van der Waals surface area contributed by atoms with E-state index in [0.29, 0.717) is 25.6 Å². The zero-order valence-electron chi connectivity index (χ0n) is 11.2. The Hall–Kier alpha value is -1.30. The van der Waals surface area contributed by atoms with Gasteiger partial charge in [0.1, 0.15) is 6.04 Å². The number of piperazine rings is 1. The van der Waals surface area contributed by atoms with Crippen molar-refractivity contribution in [2.45, 2.75) is 25.9 Å². The second kappa shape index (κ2) is 5.14. The molecule has 0 aromatic rings. The Labute approximate surface area is 107 Å². The third kappa shape index (κ3) is 2.29. The topological polar surface area (TPSA) is 61.9 Å². The zero-order valence-corrected chi connectivity index (χ0v) is 11.2. The Balaban J connectivity index is 2.10. The molecule has 102 valence electrons. The minimum absolute atomic E-state index is 0.0455. The molecule has 0 radical (unpaired) electrons. The van der Waals surface area contributed by atoms with E-state index in [4.69, 9.17) is 4.74 Å². The third-order valence-electron chi connectivity index (χ3n) is 3.47. The number of carbonyl (C=O) groups excluding carboxylic acids is 2. The van der Waals surface area contributed by atoms with E-state index < -0.39 is 6.04 Å². The van der Waals surface area contributed by atoms with Crippen molar-refractivity contribution in [2.24, 2.45) is 5.92 Å². The highest BCUT2D eigenvalue weighted by Gasteiger charge is 2.46. The summed E-state index contributed by atoms with van der Waals surface area (Å²) in [5, 5.41) is 3.14. The van der Waals surface area contributed by atoms with Crippen LogP contribution in [-0.4, -0.2) is 67.2 Å². The highest BCUT2D eigenvalue weighted by molar-refractivity contribution is 5.82. The van der Waals surface area contributed by atoms with Crippen molar-refractivity contribution in [2.75, 3.05) is 33.3 Å². The van der Waals surface area contributed by atoms with Gasteiger partial charge in [-0.3, -0.25) is 4.79 Å². The molecular formula is C12H21N3O3. The Morgan fingerprint density at radius 2 is 2.28 bits per heavy atom. The van der Waals surface area contributed by atoms with Crippen LogP contribution in [0.3, 0.4) is 0 Å². The summed E-state index contributed by atoms with van der Waals surface area (Å²) < 4.78 is 4.79. The zero-order chi connectivity index (χ0) is 13.3. The predicted molar refractivity (Wildman–Crippen MR) is 66.1 cm³/mol. The molecule has 18 heavy (non-hydrogen) atoms. The second-order valence-electron chi connectivity index (χ2n) is 5.30. The number of hydrogen-bond donors (Lipinski definition) is 1. The summed E-state index contributed by atoms with van der Waals surface area (Å²) in [7, 11) is 1.38. The fourth-order valence-electron chi connectivity index (χ4n) is 2.71. The number of hydrogen-bond acceptors (Lipinski definition) is 4. The number of esters is 1. The SMILES string of the molecule is COC(=O)C1NCCN2C(=O)N(CC(C)C)CC12. The molecule has 0 aliphatic carbocycles. The van der Waals surface area contributed by atoms with Crippen molar-refractivity contribution in [3.05, 3.63) is 0 Å². The molecule has 1 N–H and O–H groups in total. The van der Waals surface area contributed by atoms with Gasteiger partial charge in [0, 0.05) is 26.2 Å². The van der Waals surface area contributed by atoms with E-state index in [2.05, 4.69) is 19.2 Å². The standard InChI is InChI=1S/C12H21N3O3/c1-8(2)6-14-7-9-10(11(16)18-3)13-4-5-15(9)12(14)17/h8-10,13H,4-7H2,1-3H3. The van der Waals surface area contributed by atoms with Crippen molar-refractivity contribution in [1.82, 2.24) is 15.1 Å². The van der Waals surface area contributed by atoms with Crippen molar-refractivity contribution in [1.29, 1.82) is 0 Å². The van der Waals surface area contributed by atoms with Gasteiger partial charge in [0.2, 0.25) is 0 Å². The highest BCUT2D eigenvalue weighted by atomic mass is 16.5. The first-order valence-corrected chi connectivity index (χ1v) is 6.41. The fourth-order valence-corrected chi connectivity index (χ4v) is 2.71. The maximum atomic E-state index is 12.2. The molecular weight excluding hydrogens is 234 g/mol. The molecule has 6 heteroatoms. The van der Waals surface area contributed by atoms with Crippen LogP contribution in [-0.2, 0) is 9.53 Å². The normalized spacial score (nSPS) is 27.7. The van der Waals surface area contributed by atoms with Crippen LogP contribution in [0.15, 0.2) is 0 Å². The number of rotatable bonds is 3. The molecule has 2 unspecified atom stereocenters. The number of fused-ring (bicyclic) bond motifs is 1.